The van der Waals surface area contributed by atoms with Crippen molar-refractivity contribution in [2.45, 2.75) is 26.8 Å². The second kappa shape index (κ2) is 4.59. The molecule has 0 bridgehead atoms. The standard InChI is InChI=1S/C11H14N4O3/c1-4-18-11(17)8-10(16)14-9-7(13-8)5-12-15(9)6(2)3/h5-6H,4H2,1-3H3,(H,14,16). The minimum atomic E-state index is -0.724. The zero-order valence-electron chi connectivity index (χ0n) is 10.4. The molecule has 0 radical (unpaired) electrons. The van der Waals surface area contributed by atoms with Gasteiger partial charge >= 0.3 is 5.97 Å². The summed E-state index contributed by atoms with van der Waals surface area (Å²) in [6.45, 7) is 5.73. The number of fused-ring (bicyclic) bond motifs is 1. The molecule has 2 aromatic heterocycles. The lowest BCUT2D eigenvalue weighted by Crippen LogP contribution is -2.22. The molecular weight excluding hydrogens is 236 g/mol. The van der Waals surface area contributed by atoms with Crippen molar-refractivity contribution in [1.29, 1.82) is 0 Å². The first kappa shape index (κ1) is 12.3. The Bertz CT molecular complexity index is 641. The molecule has 0 unspecified atom stereocenters. The maximum Gasteiger partial charge on any atom is 0.362 e. The van der Waals surface area contributed by atoms with Crippen LogP contribution in [0.5, 0.6) is 0 Å². The molecule has 0 fully saturated rings. The van der Waals surface area contributed by atoms with Gasteiger partial charge < -0.3 is 9.72 Å². The summed E-state index contributed by atoms with van der Waals surface area (Å²) >= 11 is 0. The van der Waals surface area contributed by atoms with Crippen LogP contribution < -0.4 is 5.56 Å². The molecule has 18 heavy (non-hydrogen) atoms. The molecule has 0 aromatic carbocycles. The zero-order valence-corrected chi connectivity index (χ0v) is 10.4. The summed E-state index contributed by atoms with van der Waals surface area (Å²) < 4.78 is 6.40. The molecule has 2 rings (SSSR count). The maximum atomic E-state index is 11.8. The molecule has 96 valence electrons. The Morgan fingerprint density at radius 1 is 1.56 bits per heavy atom. The molecule has 0 amide bonds. The van der Waals surface area contributed by atoms with Crippen molar-refractivity contribution in [2.24, 2.45) is 0 Å². The van der Waals surface area contributed by atoms with Crippen LogP contribution in [0.2, 0.25) is 0 Å². The third-order valence-electron chi connectivity index (χ3n) is 2.41. The highest BCUT2D eigenvalue weighted by Crippen LogP contribution is 2.12. The van der Waals surface area contributed by atoms with Gasteiger partial charge in [0.25, 0.3) is 5.56 Å². The largest absolute Gasteiger partial charge is 0.461 e. The van der Waals surface area contributed by atoms with E-state index in [1.54, 1.807) is 11.6 Å². The van der Waals surface area contributed by atoms with Gasteiger partial charge in [0.15, 0.2) is 5.65 Å². The summed E-state index contributed by atoms with van der Waals surface area (Å²) in [5, 5.41) is 4.11. The Balaban J connectivity index is 2.58. The third-order valence-corrected chi connectivity index (χ3v) is 2.41. The van der Waals surface area contributed by atoms with Crippen LogP contribution in [0.15, 0.2) is 11.0 Å². The van der Waals surface area contributed by atoms with Crippen LogP contribution in [-0.4, -0.2) is 32.3 Å². The van der Waals surface area contributed by atoms with Crippen molar-refractivity contribution in [1.82, 2.24) is 19.7 Å². The van der Waals surface area contributed by atoms with E-state index in [1.807, 2.05) is 13.8 Å². The second-order valence-corrected chi connectivity index (χ2v) is 4.05. The van der Waals surface area contributed by atoms with E-state index >= 15 is 0 Å². The number of aromatic amines is 1. The van der Waals surface area contributed by atoms with Crippen molar-refractivity contribution >= 4 is 17.1 Å². The number of esters is 1. The summed E-state index contributed by atoms with van der Waals surface area (Å²) in [4.78, 5) is 29.9. The number of hydrogen-bond donors (Lipinski definition) is 1. The predicted octanol–water partition coefficient (Wildman–Crippen LogP) is 0.877. The molecule has 0 atom stereocenters. The van der Waals surface area contributed by atoms with Gasteiger partial charge in [0.05, 0.1) is 12.8 Å². The normalized spacial score (nSPS) is 11.1. The number of ether oxygens (including phenoxy) is 1. The summed E-state index contributed by atoms with van der Waals surface area (Å²) in [5.74, 6) is -0.724. The molecule has 0 saturated heterocycles. The monoisotopic (exact) mass is 250 g/mol. The number of rotatable bonds is 3. The molecule has 0 aliphatic carbocycles. The zero-order chi connectivity index (χ0) is 13.3. The van der Waals surface area contributed by atoms with Crippen LogP contribution in [0.4, 0.5) is 0 Å². The van der Waals surface area contributed by atoms with E-state index in [1.165, 1.54) is 6.20 Å². The fourth-order valence-electron chi connectivity index (χ4n) is 1.62. The second-order valence-electron chi connectivity index (χ2n) is 4.05. The number of H-pyrrole nitrogens is 1. The van der Waals surface area contributed by atoms with Crippen LogP contribution in [-0.2, 0) is 4.74 Å². The minimum Gasteiger partial charge on any atom is -0.461 e. The highest BCUT2D eigenvalue weighted by Gasteiger charge is 2.17. The molecule has 1 N–H and O–H groups in total. The predicted molar refractivity (Wildman–Crippen MR) is 64.5 cm³/mol. The van der Waals surface area contributed by atoms with Crippen LogP contribution in [0.25, 0.3) is 11.2 Å². The summed E-state index contributed by atoms with van der Waals surface area (Å²) in [6.07, 6.45) is 1.51. The molecular formula is C11H14N4O3. The highest BCUT2D eigenvalue weighted by molar-refractivity contribution is 5.88. The van der Waals surface area contributed by atoms with E-state index in [0.29, 0.717) is 11.2 Å². The fourth-order valence-corrected chi connectivity index (χ4v) is 1.62. The fraction of sp³-hybridized carbons (Fsp3) is 0.455. The summed E-state index contributed by atoms with van der Waals surface area (Å²) in [6, 6.07) is 0.0911. The van der Waals surface area contributed by atoms with Crippen molar-refractivity contribution in [2.75, 3.05) is 6.61 Å². The van der Waals surface area contributed by atoms with E-state index < -0.39 is 11.5 Å². The first-order chi connectivity index (χ1) is 8.54. The first-order valence-electron chi connectivity index (χ1n) is 5.69. The van der Waals surface area contributed by atoms with Gasteiger partial charge in [0, 0.05) is 6.04 Å². The maximum absolute atomic E-state index is 11.8. The number of hydrogen-bond acceptors (Lipinski definition) is 5. The van der Waals surface area contributed by atoms with E-state index in [-0.39, 0.29) is 18.3 Å². The van der Waals surface area contributed by atoms with Crippen molar-refractivity contribution < 1.29 is 9.53 Å². The smallest absolute Gasteiger partial charge is 0.362 e. The Morgan fingerprint density at radius 2 is 2.28 bits per heavy atom. The molecule has 0 aliphatic heterocycles. The van der Waals surface area contributed by atoms with Gasteiger partial charge in [-0.05, 0) is 20.8 Å². The van der Waals surface area contributed by atoms with Crippen LogP contribution in [0.3, 0.4) is 0 Å². The molecule has 0 saturated carbocycles. The third kappa shape index (κ3) is 1.99. The molecule has 7 heteroatoms. The average molecular weight is 250 g/mol. The number of nitrogens with zero attached hydrogens (tertiary/aromatic N) is 3. The van der Waals surface area contributed by atoms with Gasteiger partial charge in [-0.15, -0.1) is 0 Å². The SMILES string of the molecule is CCOC(=O)c1nc2cnn(C(C)C)c2[nH]c1=O. The van der Waals surface area contributed by atoms with Gasteiger partial charge in [0.2, 0.25) is 5.69 Å². The highest BCUT2D eigenvalue weighted by atomic mass is 16.5. The molecule has 7 nitrogen and oxygen atoms in total. The summed E-state index contributed by atoms with van der Waals surface area (Å²) in [7, 11) is 0. The minimum absolute atomic E-state index is 0.0911. The van der Waals surface area contributed by atoms with Crippen molar-refractivity contribution in [3.63, 3.8) is 0 Å². The molecule has 0 aliphatic rings. The number of nitrogens with one attached hydrogen (secondary N) is 1. The lowest BCUT2D eigenvalue weighted by Gasteiger charge is -2.06. The van der Waals surface area contributed by atoms with E-state index in [9.17, 15) is 9.59 Å². The van der Waals surface area contributed by atoms with Crippen LogP contribution in [0, 0.1) is 0 Å². The van der Waals surface area contributed by atoms with Crippen molar-refractivity contribution in [3.05, 3.63) is 22.2 Å². The van der Waals surface area contributed by atoms with Gasteiger partial charge in [-0.3, -0.25) is 4.79 Å². The Labute approximate surface area is 103 Å². The number of carbonyl (C=O) groups excluding carboxylic acids is 1. The van der Waals surface area contributed by atoms with E-state index in [4.69, 9.17) is 4.74 Å². The molecule has 2 heterocycles. The van der Waals surface area contributed by atoms with Gasteiger partial charge in [-0.25, -0.2) is 14.5 Å². The average Bonchev–Trinajstić information content (AvgIpc) is 2.70. The molecule has 2 aromatic rings. The summed E-state index contributed by atoms with van der Waals surface area (Å²) in [5.41, 5.74) is 0.158. The van der Waals surface area contributed by atoms with E-state index in [0.717, 1.165) is 0 Å². The number of carbonyl (C=O) groups is 1. The number of aromatic nitrogens is 4. The van der Waals surface area contributed by atoms with Crippen LogP contribution in [0.1, 0.15) is 37.3 Å². The lowest BCUT2D eigenvalue weighted by atomic mass is 10.4. The Kier molecular flexibility index (Phi) is 3.14. The lowest BCUT2D eigenvalue weighted by molar-refractivity contribution is 0.0517. The van der Waals surface area contributed by atoms with Gasteiger partial charge in [-0.1, -0.05) is 0 Å². The Morgan fingerprint density at radius 3 is 2.89 bits per heavy atom. The Hall–Kier alpha value is -2.18. The van der Waals surface area contributed by atoms with Gasteiger partial charge in [-0.2, -0.15) is 5.10 Å². The molecule has 0 spiro atoms. The van der Waals surface area contributed by atoms with Gasteiger partial charge in [0.1, 0.15) is 5.52 Å². The quantitative estimate of drug-likeness (QED) is 0.816. The first-order valence-corrected chi connectivity index (χ1v) is 5.69. The van der Waals surface area contributed by atoms with Crippen molar-refractivity contribution in [3.8, 4) is 0 Å². The van der Waals surface area contributed by atoms with Crippen LogP contribution >= 0.6 is 0 Å². The topological polar surface area (TPSA) is 89.9 Å². The van der Waals surface area contributed by atoms with E-state index in [2.05, 4.69) is 15.1 Å².